The van der Waals surface area contributed by atoms with E-state index in [1.54, 1.807) is 48.5 Å². The number of benzene rings is 3. The fourth-order valence-electron chi connectivity index (χ4n) is 2.20. The second-order valence-electron chi connectivity index (χ2n) is 6.02. The Hall–Kier alpha value is -3.07. The summed E-state index contributed by atoms with van der Waals surface area (Å²) in [5, 5.41) is 9.25. The van der Waals surface area contributed by atoms with Crippen LogP contribution in [0, 0.1) is 6.92 Å². The van der Waals surface area contributed by atoms with Gasteiger partial charge in [0.25, 0.3) is 0 Å². The Morgan fingerprint density at radius 1 is 0.769 bits per heavy atom. The van der Waals surface area contributed by atoms with E-state index >= 15 is 0 Å². The second kappa shape index (κ2) is 9.42. The lowest BCUT2D eigenvalue weighted by molar-refractivity contribution is 0.103. The molecule has 0 fully saturated rings. The van der Waals surface area contributed by atoms with E-state index in [1.165, 1.54) is 6.42 Å². The average molecular weight is 348 g/mol. The van der Waals surface area contributed by atoms with Gasteiger partial charge in [0.05, 0.1) is 0 Å². The van der Waals surface area contributed by atoms with Gasteiger partial charge >= 0.3 is 0 Å². The van der Waals surface area contributed by atoms with Crippen molar-refractivity contribution in [1.29, 1.82) is 0 Å². The summed E-state index contributed by atoms with van der Waals surface area (Å²) in [6, 6.07) is 21.0. The highest BCUT2D eigenvalue weighted by atomic mass is 16.5. The fraction of sp³-hybridized carbons (Fsp3) is 0.174. The summed E-state index contributed by atoms with van der Waals surface area (Å²) in [6.07, 6.45) is 1.25. The van der Waals surface area contributed by atoms with E-state index in [0.717, 1.165) is 5.56 Å². The summed E-state index contributed by atoms with van der Waals surface area (Å²) in [5.74, 6) is 1.44. The van der Waals surface area contributed by atoms with Crippen molar-refractivity contribution in [2.45, 2.75) is 27.2 Å². The number of phenolic OH excluding ortho intramolecular Hbond substituents is 1. The molecule has 134 valence electrons. The van der Waals surface area contributed by atoms with Gasteiger partial charge in [0.2, 0.25) is 0 Å². The summed E-state index contributed by atoms with van der Waals surface area (Å²) in [5.41, 5.74) is 2.41. The van der Waals surface area contributed by atoms with Gasteiger partial charge in [-0.05, 0) is 55.5 Å². The third-order valence-electron chi connectivity index (χ3n) is 3.50. The summed E-state index contributed by atoms with van der Waals surface area (Å²) < 4.78 is 5.67. The van der Waals surface area contributed by atoms with E-state index in [0.29, 0.717) is 22.6 Å². The predicted octanol–water partition coefficient (Wildman–Crippen LogP) is 6.14. The van der Waals surface area contributed by atoms with Crippen LogP contribution in [0.1, 0.15) is 41.8 Å². The number of phenols is 1. The zero-order valence-electron chi connectivity index (χ0n) is 15.4. The van der Waals surface area contributed by atoms with Gasteiger partial charge in [-0.2, -0.15) is 0 Å². The van der Waals surface area contributed by atoms with Gasteiger partial charge in [-0.15, -0.1) is 0 Å². The number of aromatic hydroxyl groups is 1. The average Bonchev–Trinajstić information content (AvgIpc) is 2.65. The highest BCUT2D eigenvalue weighted by molar-refractivity contribution is 6.09. The topological polar surface area (TPSA) is 46.5 Å². The van der Waals surface area contributed by atoms with E-state index in [4.69, 9.17) is 4.74 Å². The van der Waals surface area contributed by atoms with Crippen LogP contribution in [0.2, 0.25) is 0 Å². The molecular formula is C23H24O3. The normalized spacial score (nSPS) is 9.81. The molecule has 0 spiro atoms. The van der Waals surface area contributed by atoms with Crippen LogP contribution in [0.4, 0.5) is 0 Å². The van der Waals surface area contributed by atoms with Gasteiger partial charge in [-0.25, -0.2) is 0 Å². The smallest absolute Gasteiger partial charge is 0.193 e. The number of aryl methyl sites for hydroxylation is 1. The summed E-state index contributed by atoms with van der Waals surface area (Å²) in [6.45, 7) is 6.24. The van der Waals surface area contributed by atoms with E-state index in [9.17, 15) is 9.90 Å². The molecule has 3 rings (SSSR count). The Kier molecular flexibility index (Phi) is 6.98. The van der Waals surface area contributed by atoms with Crippen LogP contribution in [-0.2, 0) is 0 Å². The number of hydrogen-bond donors (Lipinski definition) is 1. The molecule has 0 atom stereocenters. The van der Waals surface area contributed by atoms with Gasteiger partial charge < -0.3 is 9.84 Å². The molecule has 3 heteroatoms. The molecule has 0 saturated heterocycles. The van der Waals surface area contributed by atoms with Crippen LogP contribution in [0.25, 0.3) is 0 Å². The van der Waals surface area contributed by atoms with Crippen molar-refractivity contribution in [2.24, 2.45) is 0 Å². The first kappa shape index (κ1) is 19.3. The Morgan fingerprint density at radius 2 is 1.15 bits per heavy atom. The molecule has 0 aliphatic heterocycles. The van der Waals surface area contributed by atoms with E-state index in [-0.39, 0.29) is 11.5 Å². The minimum atomic E-state index is -0.0128. The number of rotatable bonds is 4. The summed E-state index contributed by atoms with van der Waals surface area (Å²) in [4.78, 5) is 12.4. The highest BCUT2D eigenvalue weighted by Crippen LogP contribution is 2.24. The van der Waals surface area contributed by atoms with Crippen molar-refractivity contribution in [2.75, 3.05) is 0 Å². The minimum absolute atomic E-state index is 0.0128. The molecule has 0 aromatic heterocycles. The molecular weight excluding hydrogens is 324 g/mol. The number of carbonyl (C=O) groups is 1. The largest absolute Gasteiger partial charge is 0.508 e. The van der Waals surface area contributed by atoms with Gasteiger partial charge in [0.1, 0.15) is 17.2 Å². The first-order valence-electron chi connectivity index (χ1n) is 8.71. The molecule has 1 N–H and O–H groups in total. The number of ketones is 1. The fourth-order valence-corrected chi connectivity index (χ4v) is 2.20. The molecule has 26 heavy (non-hydrogen) atoms. The number of carbonyl (C=O) groups excluding carboxylic acids is 1. The SMILES string of the molecule is CCC.Cc1ccc(C(=O)c2ccc(Oc3ccc(O)cc3)cc2)cc1. The molecule has 0 radical (unpaired) electrons. The number of hydrogen-bond acceptors (Lipinski definition) is 3. The molecule has 0 saturated carbocycles. The molecule has 0 bridgehead atoms. The van der Waals surface area contributed by atoms with Gasteiger partial charge in [-0.1, -0.05) is 50.1 Å². The lowest BCUT2D eigenvalue weighted by Gasteiger charge is -2.07. The summed E-state index contributed by atoms with van der Waals surface area (Å²) in [7, 11) is 0. The Balaban J connectivity index is 0.000000758. The maximum Gasteiger partial charge on any atom is 0.193 e. The van der Waals surface area contributed by atoms with Crippen LogP contribution >= 0.6 is 0 Å². The van der Waals surface area contributed by atoms with E-state index in [2.05, 4.69) is 13.8 Å². The van der Waals surface area contributed by atoms with Gasteiger partial charge in [0, 0.05) is 11.1 Å². The van der Waals surface area contributed by atoms with Crippen LogP contribution < -0.4 is 4.74 Å². The van der Waals surface area contributed by atoms with Crippen molar-refractivity contribution in [1.82, 2.24) is 0 Å². The van der Waals surface area contributed by atoms with Gasteiger partial charge in [-0.3, -0.25) is 4.79 Å². The van der Waals surface area contributed by atoms with Crippen LogP contribution in [0.3, 0.4) is 0 Å². The zero-order valence-corrected chi connectivity index (χ0v) is 15.4. The molecule has 3 aromatic carbocycles. The monoisotopic (exact) mass is 348 g/mol. The van der Waals surface area contributed by atoms with Crippen molar-refractivity contribution >= 4 is 5.78 Å². The quantitative estimate of drug-likeness (QED) is 0.576. The Labute approximate surface area is 154 Å². The Bertz CT molecular complexity index is 817. The van der Waals surface area contributed by atoms with Crippen LogP contribution in [0.5, 0.6) is 17.2 Å². The van der Waals surface area contributed by atoms with Crippen molar-refractivity contribution in [3.05, 3.63) is 89.5 Å². The van der Waals surface area contributed by atoms with Crippen molar-refractivity contribution < 1.29 is 14.6 Å². The van der Waals surface area contributed by atoms with Crippen molar-refractivity contribution in [3.63, 3.8) is 0 Å². The maximum atomic E-state index is 12.4. The Morgan fingerprint density at radius 3 is 1.62 bits per heavy atom. The zero-order chi connectivity index (χ0) is 18.9. The molecule has 3 aromatic rings. The first-order valence-corrected chi connectivity index (χ1v) is 8.71. The third-order valence-corrected chi connectivity index (χ3v) is 3.50. The van der Waals surface area contributed by atoms with Crippen molar-refractivity contribution in [3.8, 4) is 17.2 Å². The third kappa shape index (κ3) is 5.49. The van der Waals surface area contributed by atoms with Crippen LogP contribution in [-0.4, -0.2) is 10.9 Å². The highest BCUT2D eigenvalue weighted by Gasteiger charge is 2.09. The molecule has 0 aliphatic carbocycles. The lowest BCUT2D eigenvalue weighted by atomic mass is 10.0. The maximum absolute atomic E-state index is 12.4. The second-order valence-corrected chi connectivity index (χ2v) is 6.02. The lowest BCUT2D eigenvalue weighted by Crippen LogP contribution is -2.00. The molecule has 0 amide bonds. The van der Waals surface area contributed by atoms with Gasteiger partial charge in [0.15, 0.2) is 5.78 Å². The minimum Gasteiger partial charge on any atom is -0.508 e. The van der Waals surface area contributed by atoms with E-state index in [1.807, 2.05) is 31.2 Å². The molecule has 0 unspecified atom stereocenters. The van der Waals surface area contributed by atoms with Crippen LogP contribution in [0.15, 0.2) is 72.8 Å². The molecule has 0 heterocycles. The standard InChI is InChI=1S/C20H16O3.C3H8/c1-14-2-4-15(5-3-14)20(22)16-6-10-18(11-7-16)23-19-12-8-17(21)9-13-19;1-3-2/h2-13,21H,1H3;3H2,1-2H3. The summed E-state index contributed by atoms with van der Waals surface area (Å²) >= 11 is 0. The first-order chi connectivity index (χ1) is 12.5. The predicted molar refractivity (Wildman–Crippen MR) is 105 cm³/mol. The van der Waals surface area contributed by atoms with E-state index < -0.39 is 0 Å². The number of ether oxygens (including phenoxy) is 1. The molecule has 3 nitrogen and oxygen atoms in total. The molecule has 0 aliphatic rings.